The number of ether oxygens (including phenoxy) is 3. The molecular weight excluding hydrogens is 853 g/mol. The van der Waals surface area contributed by atoms with Crippen molar-refractivity contribution in [3.05, 3.63) is 118 Å². The molecule has 10 rings (SSSR count). The summed E-state index contributed by atoms with van der Waals surface area (Å²) in [4.78, 5) is 40.5. The third-order valence-electron chi connectivity index (χ3n) is 14.1. The van der Waals surface area contributed by atoms with Gasteiger partial charge in [0.1, 0.15) is 52.6 Å². The lowest BCUT2D eigenvalue weighted by Gasteiger charge is -2.57. The standard InChI is InChI=1S/C50H52N10O5S/c1-28-29(2)66-44-40(28)41(55-37(22-39-52-17-20-63-39)42-58-57-30(3)60(42)44)31-9-12-34(13-10-31)64-36-23-50(24-36)15-18-59(19-16-50)47-53-26-33(27-54-47)43(61)56-45-48(4,5)46(49(45,6)7)65-35-14-11-32(25-51)38(21-35)62-8/h9-14,17,20-21,26-27,36-37,46H,15-16,18-19,22-24H2,1-8H3/t37-,46?/m0/s1. The van der Waals surface area contributed by atoms with E-state index in [1.54, 1.807) is 54.4 Å². The Labute approximate surface area is 387 Å². The molecule has 6 aromatic rings. The maximum Gasteiger partial charge on any atom is 0.280 e. The zero-order valence-electron chi connectivity index (χ0n) is 38.5. The summed E-state index contributed by atoms with van der Waals surface area (Å²) in [6.07, 6.45) is 10.8. The van der Waals surface area contributed by atoms with Crippen molar-refractivity contribution >= 4 is 34.6 Å². The van der Waals surface area contributed by atoms with Gasteiger partial charge in [0.05, 0.1) is 42.7 Å². The predicted molar refractivity (Wildman–Crippen MR) is 249 cm³/mol. The molecule has 1 saturated heterocycles. The molecule has 15 nitrogen and oxygen atoms in total. The quantitative estimate of drug-likeness (QED) is 0.128. The number of thiophene rings is 1. The molecule has 0 unspecified atom stereocenters. The van der Waals surface area contributed by atoms with E-state index >= 15 is 0 Å². The van der Waals surface area contributed by atoms with Crippen LogP contribution in [0.3, 0.4) is 0 Å². The van der Waals surface area contributed by atoms with Gasteiger partial charge >= 0.3 is 0 Å². The van der Waals surface area contributed by atoms with Crippen molar-refractivity contribution in [3.8, 4) is 28.3 Å². The summed E-state index contributed by atoms with van der Waals surface area (Å²) in [6, 6.07) is 15.3. The van der Waals surface area contributed by atoms with Gasteiger partial charge in [-0.25, -0.2) is 19.9 Å². The molecule has 6 heterocycles. The zero-order valence-corrected chi connectivity index (χ0v) is 39.3. The summed E-state index contributed by atoms with van der Waals surface area (Å²) in [5.74, 6) is 4.34. The Bertz CT molecular complexity index is 2910. The maximum atomic E-state index is 13.5. The molecule has 2 aliphatic heterocycles. The van der Waals surface area contributed by atoms with E-state index < -0.39 is 10.8 Å². The minimum atomic E-state index is -0.520. The van der Waals surface area contributed by atoms with Crippen LogP contribution < -0.4 is 19.1 Å². The van der Waals surface area contributed by atoms with Gasteiger partial charge in [-0.05, 0) is 93.8 Å². The van der Waals surface area contributed by atoms with Crippen LogP contribution in [-0.4, -0.2) is 79.5 Å². The molecule has 0 radical (unpaired) electrons. The first-order chi connectivity index (χ1) is 31.7. The smallest absolute Gasteiger partial charge is 0.280 e. The van der Waals surface area contributed by atoms with Crippen molar-refractivity contribution in [2.24, 2.45) is 26.2 Å². The molecule has 1 amide bonds. The van der Waals surface area contributed by atoms with Crippen molar-refractivity contribution < 1.29 is 23.4 Å². The van der Waals surface area contributed by atoms with Gasteiger partial charge in [0.15, 0.2) is 11.7 Å². The lowest BCUT2D eigenvalue weighted by Crippen LogP contribution is -2.67. The van der Waals surface area contributed by atoms with Gasteiger partial charge in [-0.1, -0.05) is 27.7 Å². The van der Waals surface area contributed by atoms with E-state index in [9.17, 15) is 10.1 Å². The normalized spacial score (nSPS) is 20.2. The first kappa shape index (κ1) is 43.2. The number of hydrogen-bond donors (Lipinski definition) is 0. The summed E-state index contributed by atoms with van der Waals surface area (Å²) >= 11 is 1.74. The molecule has 1 spiro atoms. The summed E-state index contributed by atoms with van der Waals surface area (Å²) < 4.78 is 26.1. The fourth-order valence-corrected chi connectivity index (χ4v) is 11.9. The number of anilines is 1. The molecule has 0 bridgehead atoms. The summed E-state index contributed by atoms with van der Waals surface area (Å²) in [6.45, 7) is 16.1. The SMILES string of the molecule is COc1cc(OC2C(C)(C)C(=NC(=O)c3cnc(N4CCC5(CC4)CC(Oc4ccc(C6=N[C@@H](Cc7ncco7)c7nnc(C)n7-c7sc(C)c(C)c76)cc4)C5)nc3)C2(C)C)ccc1C#N. The number of hydrogen-bond acceptors (Lipinski definition) is 14. The molecule has 4 aliphatic rings. The maximum absolute atomic E-state index is 13.5. The Hall–Kier alpha value is -6.73. The van der Waals surface area contributed by atoms with Gasteiger partial charge in [0.2, 0.25) is 5.95 Å². The van der Waals surface area contributed by atoms with E-state index in [0.717, 1.165) is 83.7 Å². The van der Waals surface area contributed by atoms with Gasteiger partial charge in [-0.3, -0.25) is 14.4 Å². The first-order valence-electron chi connectivity index (χ1n) is 22.4. The van der Waals surface area contributed by atoms with Gasteiger partial charge in [-0.15, -0.1) is 21.5 Å². The third kappa shape index (κ3) is 7.43. The highest BCUT2D eigenvalue weighted by Crippen LogP contribution is 2.54. The van der Waals surface area contributed by atoms with Crippen molar-refractivity contribution in [3.63, 3.8) is 0 Å². The van der Waals surface area contributed by atoms with Gasteiger partial charge in [-0.2, -0.15) is 5.26 Å². The van der Waals surface area contributed by atoms with Crippen LogP contribution in [0.4, 0.5) is 5.95 Å². The molecule has 0 N–H and O–H groups in total. The Kier molecular flexibility index (Phi) is 10.7. The number of oxazole rings is 1. The highest BCUT2D eigenvalue weighted by Gasteiger charge is 2.61. The van der Waals surface area contributed by atoms with Crippen LogP contribution in [0, 0.1) is 48.3 Å². The van der Waals surface area contributed by atoms with Crippen LogP contribution in [0.1, 0.15) is 114 Å². The number of nitrogens with zero attached hydrogens (tertiary/aromatic N) is 10. The zero-order chi connectivity index (χ0) is 46.1. The molecule has 3 fully saturated rings. The van der Waals surface area contributed by atoms with Gasteiger partial charge < -0.3 is 23.5 Å². The lowest BCUT2D eigenvalue weighted by molar-refractivity contribution is -0.0311. The molecule has 4 aromatic heterocycles. The number of amides is 1. The minimum Gasteiger partial charge on any atom is -0.495 e. The van der Waals surface area contributed by atoms with Gasteiger partial charge in [0.25, 0.3) is 5.91 Å². The number of methoxy groups -OCH3 is 1. The number of fused-ring (bicyclic) bond motifs is 3. The number of aliphatic imine (C=N–C) groups is 2. The third-order valence-corrected chi connectivity index (χ3v) is 15.3. The average Bonchev–Trinajstić information content (AvgIpc) is 4.02. The molecule has 2 saturated carbocycles. The van der Waals surface area contributed by atoms with Crippen LogP contribution in [0.2, 0.25) is 0 Å². The highest BCUT2D eigenvalue weighted by molar-refractivity contribution is 7.15. The number of aromatic nitrogens is 6. The van der Waals surface area contributed by atoms with Crippen molar-refractivity contribution in [2.75, 3.05) is 25.1 Å². The van der Waals surface area contributed by atoms with Gasteiger partial charge in [0, 0.05) is 64.1 Å². The Morgan fingerprint density at radius 1 is 0.955 bits per heavy atom. The second-order valence-corrected chi connectivity index (χ2v) is 20.3. The van der Waals surface area contributed by atoms with Crippen LogP contribution in [0.15, 0.2) is 81.7 Å². The van der Waals surface area contributed by atoms with E-state index in [1.807, 2.05) is 34.6 Å². The largest absolute Gasteiger partial charge is 0.495 e. The van der Waals surface area contributed by atoms with Crippen molar-refractivity contribution in [1.29, 1.82) is 5.26 Å². The van der Waals surface area contributed by atoms with Crippen LogP contribution in [0.5, 0.6) is 17.2 Å². The summed E-state index contributed by atoms with van der Waals surface area (Å²) in [7, 11) is 1.53. The number of piperidine rings is 1. The van der Waals surface area contributed by atoms with E-state index in [4.69, 9.17) is 23.6 Å². The molecule has 2 aromatic carbocycles. The van der Waals surface area contributed by atoms with Crippen LogP contribution >= 0.6 is 11.3 Å². The fraction of sp³-hybridized carbons (Fsp3) is 0.420. The monoisotopic (exact) mass is 904 g/mol. The second kappa shape index (κ2) is 16.3. The summed E-state index contributed by atoms with van der Waals surface area (Å²) in [5.41, 5.74) is 4.95. The molecule has 16 heteroatoms. The van der Waals surface area contributed by atoms with Crippen LogP contribution in [0.25, 0.3) is 5.00 Å². The van der Waals surface area contributed by atoms with Crippen molar-refractivity contribution in [1.82, 2.24) is 29.7 Å². The Balaban J connectivity index is 0.750. The second-order valence-electron chi connectivity index (χ2n) is 19.1. The predicted octanol–water partition coefficient (Wildman–Crippen LogP) is 8.97. The molecule has 338 valence electrons. The number of nitriles is 1. The molecule has 2 aliphatic carbocycles. The molecule has 1 atom stereocenters. The number of rotatable bonds is 10. The highest BCUT2D eigenvalue weighted by atomic mass is 32.1. The molecular formula is C50H52N10O5S. The van der Waals surface area contributed by atoms with Crippen LogP contribution in [-0.2, 0) is 6.42 Å². The summed E-state index contributed by atoms with van der Waals surface area (Å²) in [5, 5.41) is 19.5. The average molecular weight is 905 g/mol. The minimum absolute atomic E-state index is 0.152. The number of carbonyl (C=O) groups is 1. The van der Waals surface area contributed by atoms with E-state index in [-0.39, 0.29) is 29.6 Å². The first-order valence-corrected chi connectivity index (χ1v) is 23.2. The Morgan fingerprint density at radius 2 is 1.67 bits per heavy atom. The fourth-order valence-electron chi connectivity index (χ4n) is 10.7. The lowest BCUT2D eigenvalue weighted by atomic mass is 9.51. The van der Waals surface area contributed by atoms with E-state index in [0.29, 0.717) is 40.9 Å². The number of benzene rings is 2. The number of carbonyl (C=O) groups excluding carboxylic acids is 1. The Morgan fingerprint density at radius 3 is 2.33 bits per heavy atom. The van der Waals surface area contributed by atoms with E-state index in [2.05, 4.69) is 83.8 Å². The van der Waals surface area contributed by atoms with Crippen molar-refractivity contribution in [2.45, 2.75) is 98.8 Å². The topological polar surface area (TPSA) is 179 Å². The number of aryl methyl sites for hydroxylation is 2. The van der Waals surface area contributed by atoms with E-state index in [1.165, 1.54) is 17.6 Å². The molecule has 66 heavy (non-hydrogen) atoms.